The van der Waals surface area contributed by atoms with Gasteiger partial charge in [-0.3, -0.25) is 14.4 Å². The molecule has 1 saturated carbocycles. The molecule has 0 spiro atoms. The standard InChI is InChI=1S/C30H42FN5O4/c1-3-20(2)27(30(39)36-17-7-10-24(19-36)33-23-13-11-22(31)12-14-23)35-28(37)25(18-21-8-5-4-6-9-21)34-29(38)26-15-16-32-40-26/h11-16,20-21,24-25,27,33H,3-10,17-19H2,1-2H3,(H,34,38)(H,35,37)/t20-,24?,25-,27-/m0/s1. The molecule has 1 aromatic heterocycles. The van der Waals surface area contributed by atoms with Crippen LogP contribution in [0.4, 0.5) is 10.1 Å². The van der Waals surface area contributed by atoms with E-state index in [4.69, 9.17) is 4.52 Å². The van der Waals surface area contributed by atoms with E-state index in [9.17, 15) is 18.8 Å². The summed E-state index contributed by atoms with van der Waals surface area (Å²) in [6, 6.07) is 6.20. The first-order chi connectivity index (χ1) is 19.3. The molecule has 40 heavy (non-hydrogen) atoms. The third kappa shape index (κ3) is 8.05. The maximum absolute atomic E-state index is 13.8. The minimum Gasteiger partial charge on any atom is -0.381 e. The molecule has 2 aliphatic rings. The molecule has 1 aliphatic heterocycles. The average molecular weight is 556 g/mol. The van der Waals surface area contributed by atoms with E-state index in [1.807, 2.05) is 18.7 Å². The molecule has 4 rings (SSSR count). The van der Waals surface area contributed by atoms with E-state index in [-0.39, 0.29) is 35.4 Å². The van der Waals surface area contributed by atoms with Crippen molar-refractivity contribution in [2.45, 2.75) is 89.8 Å². The van der Waals surface area contributed by atoms with Crippen molar-refractivity contribution < 1.29 is 23.3 Å². The zero-order valence-corrected chi connectivity index (χ0v) is 23.5. The number of benzene rings is 1. The first kappa shape index (κ1) is 29.6. The normalized spacial score (nSPS) is 20.3. The van der Waals surface area contributed by atoms with Crippen LogP contribution in [0.3, 0.4) is 0 Å². The Morgan fingerprint density at radius 1 is 1.05 bits per heavy atom. The Morgan fingerprint density at radius 3 is 2.48 bits per heavy atom. The van der Waals surface area contributed by atoms with Gasteiger partial charge in [0.15, 0.2) is 0 Å². The van der Waals surface area contributed by atoms with Crippen LogP contribution < -0.4 is 16.0 Å². The van der Waals surface area contributed by atoms with Gasteiger partial charge in [-0.2, -0.15) is 0 Å². The number of hydrogen-bond acceptors (Lipinski definition) is 6. The smallest absolute Gasteiger partial charge is 0.290 e. The Balaban J connectivity index is 1.44. The van der Waals surface area contributed by atoms with Crippen molar-refractivity contribution >= 4 is 23.4 Å². The fourth-order valence-electron chi connectivity index (χ4n) is 5.76. The Morgan fingerprint density at radius 2 is 1.80 bits per heavy atom. The van der Waals surface area contributed by atoms with Gasteiger partial charge in [-0.15, -0.1) is 0 Å². The summed E-state index contributed by atoms with van der Waals surface area (Å²) in [6.45, 7) is 5.06. The molecule has 1 aromatic carbocycles. The van der Waals surface area contributed by atoms with Crippen LogP contribution >= 0.6 is 0 Å². The summed E-state index contributed by atoms with van der Waals surface area (Å²) in [5, 5.41) is 12.9. The molecule has 218 valence electrons. The van der Waals surface area contributed by atoms with Crippen LogP contribution in [0.5, 0.6) is 0 Å². The number of nitrogens with zero attached hydrogens (tertiary/aromatic N) is 2. The average Bonchev–Trinajstić information content (AvgIpc) is 3.52. The van der Waals surface area contributed by atoms with Crippen LogP contribution in [0.2, 0.25) is 0 Å². The molecule has 10 heteroatoms. The first-order valence-electron chi connectivity index (χ1n) is 14.7. The van der Waals surface area contributed by atoms with Crippen molar-refractivity contribution in [2.75, 3.05) is 18.4 Å². The van der Waals surface area contributed by atoms with Crippen LogP contribution in [-0.4, -0.2) is 59.0 Å². The number of nitrogens with one attached hydrogen (secondary N) is 3. The number of piperidine rings is 1. The fraction of sp³-hybridized carbons (Fsp3) is 0.600. The van der Waals surface area contributed by atoms with E-state index in [2.05, 4.69) is 21.1 Å². The number of aromatic nitrogens is 1. The first-order valence-corrected chi connectivity index (χ1v) is 14.7. The van der Waals surface area contributed by atoms with Gasteiger partial charge in [0.25, 0.3) is 5.91 Å². The van der Waals surface area contributed by atoms with Crippen LogP contribution in [0.15, 0.2) is 41.1 Å². The Labute approximate surface area is 235 Å². The van der Waals surface area contributed by atoms with E-state index in [1.165, 1.54) is 30.8 Å². The van der Waals surface area contributed by atoms with Gasteiger partial charge in [0, 0.05) is 30.9 Å². The lowest BCUT2D eigenvalue weighted by atomic mass is 9.84. The topological polar surface area (TPSA) is 117 Å². The number of rotatable bonds is 11. The summed E-state index contributed by atoms with van der Waals surface area (Å²) in [6.07, 6.45) is 9.78. The van der Waals surface area contributed by atoms with Crippen molar-refractivity contribution in [1.29, 1.82) is 0 Å². The molecule has 1 unspecified atom stereocenters. The summed E-state index contributed by atoms with van der Waals surface area (Å²) >= 11 is 0. The summed E-state index contributed by atoms with van der Waals surface area (Å²) in [5.74, 6) is -0.979. The predicted molar refractivity (Wildman–Crippen MR) is 150 cm³/mol. The highest BCUT2D eigenvalue weighted by Crippen LogP contribution is 2.28. The number of amides is 3. The van der Waals surface area contributed by atoms with Crippen molar-refractivity contribution in [1.82, 2.24) is 20.7 Å². The number of carbonyl (C=O) groups is 3. The van der Waals surface area contributed by atoms with Crippen molar-refractivity contribution in [3.05, 3.63) is 48.1 Å². The molecule has 3 amide bonds. The number of anilines is 1. The second-order valence-electron chi connectivity index (χ2n) is 11.3. The predicted octanol–water partition coefficient (Wildman–Crippen LogP) is 4.52. The fourth-order valence-corrected chi connectivity index (χ4v) is 5.76. The maximum Gasteiger partial charge on any atom is 0.290 e. The van der Waals surface area contributed by atoms with Gasteiger partial charge in [0.1, 0.15) is 17.9 Å². The lowest BCUT2D eigenvalue weighted by molar-refractivity contribution is -0.139. The van der Waals surface area contributed by atoms with Crippen LogP contribution in [0, 0.1) is 17.7 Å². The van der Waals surface area contributed by atoms with Crippen LogP contribution in [0.1, 0.15) is 82.2 Å². The molecular weight excluding hydrogens is 513 g/mol. The minimum absolute atomic E-state index is 0.0247. The molecule has 2 fully saturated rings. The molecule has 1 aliphatic carbocycles. The molecule has 2 heterocycles. The molecule has 0 bridgehead atoms. The van der Waals surface area contributed by atoms with Gasteiger partial charge in [-0.25, -0.2) is 4.39 Å². The van der Waals surface area contributed by atoms with Crippen molar-refractivity contribution in [2.24, 2.45) is 11.8 Å². The monoisotopic (exact) mass is 555 g/mol. The zero-order valence-electron chi connectivity index (χ0n) is 23.5. The highest BCUT2D eigenvalue weighted by atomic mass is 19.1. The van der Waals surface area contributed by atoms with Gasteiger partial charge in [0.05, 0.1) is 6.20 Å². The van der Waals surface area contributed by atoms with Crippen molar-refractivity contribution in [3.8, 4) is 0 Å². The van der Waals surface area contributed by atoms with E-state index < -0.39 is 18.0 Å². The molecule has 1 saturated heterocycles. The Bertz CT molecular complexity index is 1100. The molecule has 9 nitrogen and oxygen atoms in total. The van der Waals surface area contributed by atoms with Crippen LogP contribution in [-0.2, 0) is 9.59 Å². The van der Waals surface area contributed by atoms with Crippen LogP contribution in [0.25, 0.3) is 0 Å². The summed E-state index contributed by atoms with van der Waals surface area (Å²) in [5.41, 5.74) is 0.806. The summed E-state index contributed by atoms with van der Waals surface area (Å²) in [7, 11) is 0. The van der Waals surface area contributed by atoms with E-state index >= 15 is 0 Å². The lowest BCUT2D eigenvalue weighted by Gasteiger charge is -2.37. The quantitative estimate of drug-likeness (QED) is 0.376. The van der Waals surface area contributed by atoms with Gasteiger partial charge in [0.2, 0.25) is 17.6 Å². The number of likely N-dealkylation sites (tertiary alicyclic amines) is 1. The highest BCUT2D eigenvalue weighted by molar-refractivity contribution is 5.96. The Hall–Kier alpha value is -3.43. The third-order valence-corrected chi connectivity index (χ3v) is 8.30. The molecule has 0 radical (unpaired) electrons. The minimum atomic E-state index is -0.783. The van der Waals surface area contributed by atoms with Gasteiger partial charge in [-0.05, 0) is 55.4 Å². The van der Waals surface area contributed by atoms with Gasteiger partial charge < -0.3 is 25.4 Å². The second-order valence-corrected chi connectivity index (χ2v) is 11.3. The molecule has 4 atom stereocenters. The molecule has 3 N–H and O–H groups in total. The van der Waals surface area contributed by atoms with E-state index in [1.54, 1.807) is 12.1 Å². The number of hydrogen-bond donors (Lipinski definition) is 3. The molecular formula is C30H42FN5O4. The van der Waals surface area contributed by atoms with Gasteiger partial charge in [-0.1, -0.05) is 57.5 Å². The second kappa shape index (κ2) is 14.3. The highest BCUT2D eigenvalue weighted by Gasteiger charge is 2.35. The zero-order chi connectivity index (χ0) is 28.5. The number of halogens is 1. The number of carbonyl (C=O) groups excluding carboxylic acids is 3. The third-order valence-electron chi connectivity index (χ3n) is 8.30. The molecule has 2 aromatic rings. The lowest BCUT2D eigenvalue weighted by Crippen LogP contribution is -2.58. The maximum atomic E-state index is 13.8. The summed E-state index contributed by atoms with van der Waals surface area (Å²) < 4.78 is 18.3. The SMILES string of the molecule is CC[C@H](C)[C@H](NC(=O)[C@H](CC1CCCCC1)NC(=O)c1ccno1)C(=O)N1CCCC(Nc2ccc(F)cc2)C1. The Kier molecular flexibility index (Phi) is 10.5. The largest absolute Gasteiger partial charge is 0.381 e. The van der Waals surface area contributed by atoms with Crippen molar-refractivity contribution in [3.63, 3.8) is 0 Å². The van der Waals surface area contributed by atoms with E-state index in [0.29, 0.717) is 31.8 Å². The van der Waals surface area contributed by atoms with Gasteiger partial charge >= 0.3 is 0 Å². The van der Waals surface area contributed by atoms with E-state index in [0.717, 1.165) is 44.2 Å². The summed E-state index contributed by atoms with van der Waals surface area (Å²) in [4.78, 5) is 42.1.